The summed E-state index contributed by atoms with van der Waals surface area (Å²) in [5.41, 5.74) is 1.61. The van der Waals surface area contributed by atoms with Crippen molar-refractivity contribution in [2.24, 2.45) is 7.05 Å². The number of carboxylic acids is 1. The van der Waals surface area contributed by atoms with Crippen LogP contribution in [-0.2, 0) is 32.7 Å². The van der Waals surface area contributed by atoms with Crippen molar-refractivity contribution in [3.8, 4) is 0 Å². The van der Waals surface area contributed by atoms with Gasteiger partial charge in [0.05, 0.1) is 31.6 Å². The number of thiophene rings is 1. The molecule has 4 heterocycles. The minimum atomic E-state index is -5.08. The molecule has 176 valence electrons. The highest BCUT2D eigenvalue weighted by atomic mass is 32.1. The minimum absolute atomic E-state index is 0.0349. The molecule has 9 nitrogen and oxygen atoms in total. The maximum absolute atomic E-state index is 12.4. The topological polar surface area (TPSA) is 97.1 Å². The number of hydrogen-bond acceptors (Lipinski definition) is 7. The zero-order valence-electron chi connectivity index (χ0n) is 17.2. The number of aromatic nitrogens is 2. The Balaban J connectivity index is 0.000000360. The summed E-state index contributed by atoms with van der Waals surface area (Å²) in [7, 11) is 1.85. The van der Waals surface area contributed by atoms with E-state index in [1.165, 1.54) is 5.56 Å². The van der Waals surface area contributed by atoms with Crippen LogP contribution >= 0.6 is 11.3 Å². The molecule has 2 saturated heterocycles. The average molecular weight is 476 g/mol. The highest BCUT2D eigenvalue weighted by Crippen LogP contribution is 2.27. The van der Waals surface area contributed by atoms with Gasteiger partial charge in [-0.1, -0.05) is 0 Å². The summed E-state index contributed by atoms with van der Waals surface area (Å²) < 4.78 is 45.3. The van der Waals surface area contributed by atoms with Gasteiger partial charge < -0.3 is 19.5 Å². The monoisotopic (exact) mass is 476 g/mol. The smallest absolute Gasteiger partial charge is 0.475 e. The number of anilines is 1. The first kappa shape index (κ1) is 24.2. The first-order valence-corrected chi connectivity index (χ1v) is 10.6. The van der Waals surface area contributed by atoms with Gasteiger partial charge in [-0.2, -0.15) is 29.6 Å². The third-order valence-corrected chi connectivity index (χ3v) is 5.64. The summed E-state index contributed by atoms with van der Waals surface area (Å²) in [6, 6.07) is 2.15. The van der Waals surface area contributed by atoms with Gasteiger partial charge in [-0.25, -0.2) is 4.79 Å². The fourth-order valence-electron chi connectivity index (χ4n) is 3.44. The Morgan fingerprint density at radius 3 is 2.72 bits per heavy atom. The summed E-state index contributed by atoms with van der Waals surface area (Å²) in [5, 5.41) is 15.6. The number of halogens is 3. The van der Waals surface area contributed by atoms with Gasteiger partial charge >= 0.3 is 12.1 Å². The van der Waals surface area contributed by atoms with E-state index in [1.54, 1.807) is 27.1 Å². The van der Waals surface area contributed by atoms with E-state index in [-0.39, 0.29) is 12.5 Å². The number of aliphatic carboxylic acids is 1. The highest BCUT2D eigenvalue weighted by Gasteiger charge is 2.43. The lowest BCUT2D eigenvalue weighted by Gasteiger charge is -2.42. The number of aryl methyl sites for hydroxylation is 1. The molecule has 4 rings (SSSR count). The van der Waals surface area contributed by atoms with Crippen molar-refractivity contribution >= 4 is 28.9 Å². The molecule has 2 aromatic rings. The first-order chi connectivity index (χ1) is 15.1. The van der Waals surface area contributed by atoms with Crippen LogP contribution in [0.2, 0.25) is 0 Å². The number of morpholine rings is 1. The molecular formula is C19H23F3N4O5S. The van der Waals surface area contributed by atoms with E-state index in [0.717, 1.165) is 25.3 Å². The van der Waals surface area contributed by atoms with E-state index in [1.807, 2.05) is 13.2 Å². The predicted molar refractivity (Wildman–Crippen MR) is 108 cm³/mol. The fourth-order valence-corrected chi connectivity index (χ4v) is 4.10. The van der Waals surface area contributed by atoms with Gasteiger partial charge in [0.15, 0.2) is 0 Å². The van der Waals surface area contributed by atoms with Crippen LogP contribution in [0.5, 0.6) is 0 Å². The molecule has 0 aromatic carbocycles. The quantitative estimate of drug-likeness (QED) is 0.721. The van der Waals surface area contributed by atoms with Gasteiger partial charge in [0.2, 0.25) is 0 Å². The van der Waals surface area contributed by atoms with Gasteiger partial charge in [-0.3, -0.25) is 14.4 Å². The predicted octanol–water partition coefficient (Wildman–Crippen LogP) is 1.75. The maximum atomic E-state index is 12.4. The number of carboxylic acid groups (broad SMARTS) is 1. The largest absolute Gasteiger partial charge is 0.490 e. The lowest BCUT2D eigenvalue weighted by Crippen LogP contribution is -2.60. The second kappa shape index (κ2) is 9.98. The molecular weight excluding hydrogens is 453 g/mol. The molecule has 0 aliphatic carbocycles. The number of rotatable bonds is 3. The molecule has 0 radical (unpaired) electrons. The van der Waals surface area contributed by atoms with E-state index < -0.39 is 17.7 Å². The van der Waals surface area contributed by atoms with Gasteiger partial charge in [0, 0.05) is 32.9 Å². The third-order valence-electron chi connectivity index (χ3n) is 4.91. The molecule has 13 heteroatoms. The van der Waals surface area contributed by atoms with Gasteiger partial charge in [-0.05, 0) is 22.4 Å². The van der Waals surface area contributed by atoms with Gasteiger partial charge in [-0.15, -0.1) is 0 Å². The van der Waals surface area contributed by atoms with E-state index in [9.17, 15) is 18.0 Å². The van der Waals surface area contributed by atoms with E-state index in [2.05, 4.69) is 26.8 Å². The fraction of sp³-hybridized carbons (Fsp3) is 0.526. The second-order valence-corrected chi connectivity index (χ2v) is 8.30. The van der Waals surface area contributed by atoms with Crippen LogP contribution in [0.25, 0.3) is 0 Å². The molecule has 1 unspecified atom stereocenters. The van der Waals surface area contributed by atoms with Crippen LogP contribution in [0.4, 0.5) is 18.9 Å². The SMILES string of the molecule is Cn1cc(N2CC3(COCCN(Cc4ccsc4)C3)OCC2=O)cn1.O=C(O)C(F)(F)F. The molecule has 1 spiro atoms. The van der Waals surface area contributed by atoms with Crippen LogP contribution < -0.4 is 4.90 Å². The standard InChI is InChI=1S/C17H22N4O3S.C2HF3O2/c1-19-8-15(6-18-19)21-12-17(24-9-16(21)22)11-20(3-4-23-13-17)7-14-2-5-25-10-14;3-2(4,5)1(6)7/h2,5-6,8,10H,3-4,7,9,11-13H2,1H3;(H,6,7). The van der Waals surface area contributed by atoms with Crippen molar-refractivity contribution in [1.29, 1.82) is 0 Å². The lowest BCUT2D eigenvalue weighted by molar-refractivity contribution is -0.192. The van der Waals surface area contributed by atoms with Crippen molar-refractivity contribution in [3.05, 3.63) is 34.8 Å². The van der Waals surface area contributed by atoms with Crippen molar-refractivity contribution in [3.63, 3.8) is 0 Å². The molecule has 2 fully saturated rings. The third kappa shape index (κ3) is 6.28. The van der Waals surface area contributed by atoms with Crippen molar-refractivity contribution in [1.82, 2.24) is 14.7 Å². The Bertz CT molecular complexity index is 920. The Labute approximate surface area is 185 Å². The number of amides is 1. The molecule has 32 heavy (non-hydrogen) atoms. The van der Waals surface area contributed by atoms with Crippen LogP contribution in [0.3, 0.4) is 0 Å². The van der Waals surface area contributed by atoms with Crippen molar-refractivity contribution < 1.29 is 37.3 Å². The average Bonchev–Trinajstić information content (AvgIpc) is 3.34. The van der Waals surface area contributed by atoms with Crippen LogP contribution in [0, 0.1) is 0 Å². The summed E-state index contributed by atoms with van der Waals surface area (Å²) >= 11 is 1.71. The number of alkyl halides is 3. The number of carbonyl (C=O) groups is 2. The Hall–Kier alpha value is -2.48. The Morgan fingerprint density at radius 1 is 1.38 bits per heavy atom. The van der Waals surface area contributed by atoms with Crippen LogP contribution in [0.1, 0.15) is 5.56 Å². The van der Waals surface area contributed by atoms with Gasteiger partial charge in [0.1, 0.15) is 12.2 Å². The summed E-state index contributed by atoms with van der Waals surface area (Å²) in [6.07, 6.45) is -1.50. The molecule has 1 atom stereocenters. The zero-order chi connectivity index (χ0) is 23.4. The van der Waals surface area contributed by atoms with Crippen LogP contribution in [-0.4, -0.2) is 82.9 Å². The van der Waals surface area contributed by atoms with Crippen LogP contribution in [0.15, 0.2) is 29.2 Å². The van der Waals surface area contributed by atoms with E-state index >= 15 is 0 Å². The van der Waals surface area contributed by atoms with E-state index in [4.69, 9.17) is 19.4 Å². The summed E-state index contributed by atoms with van der Waals surface area (Å²) in [6.45, 7) is 4.21. The van der Waals surface area contributed by atoms with Gasteiger partial charge in [0.25, 0.3) is 5.91 Å². The molecule has 2 aromatic heterocycles. The van der Waals surface area contributed by atoms with Crippen molar-refractivity contribution in [2.75, 3.05) is 44.4 Å². The number of nitrogens with zero attached hydrogens (tertiary/aromatic N) is 4. The second-order valence-electron chi connectivity index (χ2n) is 7.52. The zero-order valence-corrected chi connectivity index (χ0v) is 18.1. The molecule has 1 N–H and O–H groups in total. The molecule has 0 saturated carbocycles. The molecule has 2 aliphatic heterocycles. The maximum Gasteiger partial charge on any atom is 0.490 e. The first-order valence-electron chi connectivity index (χ1n) is 9.62. The number of hydrogen-bond donors (Lipinski definition) is 1. The normalized spacial score (nSPS) is 22.4. The lowest BCUT2D eigenvalue weighted by atomic mass is 10.0. The molecule has 2 aliphatic rings. The van der Waals surface area contributed by atoms with E-state index in [0.29, 0.717) is 19.8 Å². The summed E-state index contributed by atoms with van der Waals surface area (Å²) in [4.78, 5) is 25.4. The minimum Gasteiger partial charge on any atom is -0.475 e. The molecule has 1 amide bonds. The molecule has 0 bridgehead atoms. The van der Waals surface area contributed by atoms with Crippen molar-refractivity contribution in [2.45, 2.75) is 18.3 Å². The number of ether oxygens (including phenoxy) is 2. The Kier molecular flexibility index (Phi) is 7.54. The highest BCUT2D eigenvalue weighted by molar-refractivity contribution is 7.07. The summed E-state index contributed by atoms with van der Waals surface area (Å²) in [5.74, 6) is -2.79. The number of carbonyl (C=O) groups excluding carboxylic acids is 1. The Morgan fingerprint density at radius 2 is 2.12 bits per heavy atom.